The van der Waals surface area contributed by atoms with E-state index in [0.29, 0.717) is 12.1 Å². The standard InChI is InChI=1S/C12H26N2O/c1-11(2)14-8-5-7-13-10-12-6-3-4-9-15-12/h11-14H,3-10H2,1-2H3. The smallest absolute Gasteiger partial charge is 0.0699 e. The lowest BCUT2D eigenvalue weighted by atomic mass is 10.1. The van der Waals surface area contributed by atoms with E-state index in [2.05, 4.69) is 24.5 Å². The maximum absolute atomic E-state index is 5.64. The van der Waals surface area contributed by atoms with Crippen LogP contribution >= 0.6 is 0 Å². The van der Waals surface area contributed by atoms with Gasteiger partial charge in [0.05, 0.1) is 6.10 Å². The normalized spacial score (nSPS) is 22.2. The van der Waals surface area contributed by atoms with Gasteiger partial charge in [-0.2, -0.15) is 0 Å². The highest BCUT2D eigenvalue weighted by Gasteiger charge is 2.12. The fourth-order valence-electron chi connectivity index (χ4n) is 1.84. The van der Waals surface area contributed by atoms with Gasteiger partial charge in [-0.1, -0.05) is 13.8 Å². The van der Waals surface area contributed by atoms with Crippen molar-refractivity contribution < 1.29 is 4.74 Å². The third-order valence-corrected chi connectivity index (χ3v) is 2.73. The van der Waals surface area contributed by atoms with Crippen molar-refractivity contribution in [1.82, 2.24) is 10.6 Å². The highest BCUT2D eigenvalue weighted by molar-refractivity contribution is 4.66. The molecule has 1 heterocycles. The van der Waals surface area contributed by atoms with Gasteiger partial charge in [0.2, 0.25) is 0 Å². The van der Waals surface area contributed by atoms with E-state index in [1.807, 2.05) is 0 Å². The summed E-state index contributed by atoms with van der Waals surface area (Å²) in [6.45, 7) is 8.56. The van der Waals surface area contributed by atoms with Crippen molar-refractivity contribution in [3.63, 3.8) is 0 Å². The first-order valence-electron chi connectivity index (χ1n) is 6.34. The lowest BCUT2D eigenvalue weighted by Crippen LogP contribution is -2.33. The summed E-state index contributed by atoms with van der Waals surface area (Å²) in [5, 5.41) is 6.88. The average Bonchev–Trinajstić information content (AvgIpc) is 2.24. The third-order valence-electron chi connectivity index (χ3n) is 2.73. The molecule has 0 aromatic heterocycles. The van der Waals surface area contributed by atoms with Gasteiger partial charge in [0.25, 0.3) is 0 Å². The first-order valence-corrected chi connectivity index (χ1v) is 6.34. The van der Waals surface area contributed by atoms with Gasteiger partial charge < -0.3 is 15.4 Å². The number of ether oxygens (including phenoxy) is 1. The van der Waals surface area contributed by atoms with Crippen LogP contribution in [0.5, 0.6) is 0 Å². The molecular weight excluding hydrogens is 188 g/mol. The van der Waals surface area contributed by atoms with E-state index in [4.69, 9.17) is 4.74 Å². The van der Waals surface area contributed by atoms with Crippen molar-refractivity contribution in [2.24, 2.45) is 0 Å². The Hall–Kier alpha value is -0.120. The van der Waals surface area contributed by atoms with Crippen LogP contribution in [0.1, 0.15) is 39.5 Å². The molecule has 1 rings (SSSR count). The van der Waals surface area contributed by atoms with Crippen LogP contribution in [0.2, 0.25) is 0 Å². The van der Waals surface area contributed by atoms with Gasteiger partial charge >= 0.3 is 0 Å². The SMILES string of the molecule is CC(C)NCCCNCC1CCCCO1. The molecule has 0 saturated carbocycles. The minimum Gasteiger partial charge on any atom is -0.377 e. The van der Waals surface area contributed by atoms with E-state index < -0.39 is 0 Å². The number of hydrogen-bond donors (Lipinski definition) is 2. The predicted octanol–water partition coefficient (Wildman–Crippen LogP) is 1.53. The number of nitrogens with one attached hydrogen (secondary N) is 2. The molecular formula is C12H26N2O. The van der Waals surface area contributed by atoms with Crippen LogP contribution in [0.4, 0.5) is 0 Å². The van der Waals surface area contributed by atoms with E-state index in [0.717, 1.165) is 26.2 Å². The van der Waals surface area contributed by atoms with Crippen molar-refractivity contribution >= 4 is 0 Å². The Balaban J connectivity index is 1.83. The van der Waals surface area contributed by atoms with Crippen molar-refractivity contribution in [3.05, 3.63) is 0 Å². The Morgan fingerprint density at radius 1 is 1.27 bits per heavy atom. The van der Waals surface area contributed by atoms with Crippen molar-refractivity contribution in [3.8, 4) is 0 Å². The second-order valence-electron chi connectivity index (χ2n) is 4.66. The molecule has 1 unspecified atom stereocenters. The highest BCUT2D eigenvalue weighted by Crippen LogP contribution is 2.11. The van der Waals surface area contributed by atoms with Gasteiger partial charge in [-0.3, -0.25) is 0 Å². The van der Waals surface area contributed by atoms with E-state index in [1.54, 1.807) is 0 Å². The Labute approximate surface area is 94.0 Å². The molecule has 1 fully saturated rings. The van der Waals surface area contributed by atoms with Gasteiger partial charge in [0.15, 0.2) is 0 Å². The molecule has 2 N–H and O–H groups in total. The van der Waals surface area contributed by atoms with Crippen LogP contribution in [-0.4, -0.2) is 38.4 Å². The zero-order valence-electron chi connectivity index (χ0n) is 10.2. The molecule has 15 heavy (non-hydrogen) atoms. The van der Waals surface area contributed by atoms with Crippen LogP contribution in [-0.2, 0) is 4.74 Å². The fraction of sp³-hybridized carbons (Fsp3) is 1.00. The summed E-state index contributed by atoms with van der Waals surface area (Å²) < 4.78 is 5.64. The Morgan fingerprint density at radius 2 is 2.13 bits per heavy atom. The third kappa shape index (κ3) is 6.88. The van der Waals surface area contributed by atoms with E-state index >= 15 is 0 Å². The maximum Gasteiger partial charge on any atom is 0.0699 e. The minimum absolute atomic E-state index is 0.469. The average molecular weight is 214 g/mol. The van der Waals surface area contributed by atoms with Crippen molar-refractivity contribution in [2.45, 2.75) is 51.7 Å². The molecule has 0 bridgehead atoms. The molecule has 0 amide bonds. The second-order valence-corrected chi connectivity index (χ2v) is 4.66. The molecule has 1 saturated heterocycles. The summed E-state index contributed by atoms with van der Waals surface area (Å²) in [7, 11) is 0. The molecule has 3 heteroatoms. The zero-order chi connectivity index (χ0) is 10.9. The number of rotatable bonds is 7. The summed E-state index contributed by atoms with van der Waals surface area (Å²) >= 11 is 0. The maximum atomic E-state index is 5.64. The lowest BCUT2D eigenvalue weighted by Gasteiger charge is -2.22. The van der Waals surface area contributed by atoms with Crippen LogP contribution in [0, 0.1) is 0 Å². The van der Waals surface area contributed by atoms with Crippen LogP contribution in [0.3, 0.4) is 0 Å². The van der Waals surface area contributed by atoms with Crippen molar-refractivity contribution in [2.75, 3.05) is 26.2 Å². The molecule has 1 atom stereocenters. The van der Waals surface area contributed by atoms with Gasteiger partial charge in [0.1, 0.15) is 0 Å². The first kappa shape index (κ1) is 12.9. The summed E-state index contributed by atoms with van der Waals surface area (Å²) in [5.41, 5.74) is 0. The molecule has 0 aromatic rings. The molecule has 0 aliphatic carbocycles. The second kappa shape index (κ2) is 8.08. The van der Waals surface area contributed by atoms with Crippen LogP contribution in [0.15, 0.2) is 0 Å². The Bertz CT molecular complexity index is 145. The predicted molar refractivity (Wildman–Crippen MR) is 64.2 cm³/mol. The summed E-state index contributed by atoms with van der Waals surface area (Å²) in [4.78, 5) is 0. The monoisotopic (exact) mass is 214 g/mol. The topological polar surface area (TPSA) is 33.3 Å². The van der Waals surface area contributed by atoms with Gasteiger partial charge in [-0.25, -0.2) is 0 Å². The van der Waals surface area contributed by atoms with E-state index in [-0.39, 0.29) is 0 Å². The lowest BCUT2D eigenvalue weighted by molar-refractivity contribution is 0.0170. The number of hydrogen-bond acceptors (Lipinski definition) is 3. The van der Waals surface area contributed by atoms with Gasteiger partial charge in [-0.15, -0.1) is 0 Å². The van der Waals surface area contributed by atoms with Gasteiger partial charge in [-0.05, 0) is 38.8 Å². The van der Waals surface area contributed by atoms with Gasteiger partial charge in [0, 0.05) is 19.2 Å². The molecule has 1 aliphatic rings. The Kier molecular flexibility index (Phi) is 6.98. The fourth-order valence-corrected chi connectivity index (χ4v) is 1.84. The largest absolute Gasteiger partial charge is 0.377 e. The first-order chi connectivity index (χ1) is 7.29. The Morgan fingerprint density at radius 3 is 2.80 bits per heavy atom. The summed E-state index contributed by atoms with van der Waals surface area (Å²) in [6.07, 6.45) is 5.48. The molecule has 0 radical (unpaired) electrons. The molecule has 3 nitrogen and oxygen atoms in total. The quantitative estimate of drug-likeness (QED) is 0.631. The van der Waals surface area contributed by atoms with Crippen LogP contribution in [0.25, 0.3) is 0 Å². The molecule has 90 valence electrons. The molecule has 1 aliphatic heterocycles. The van der Waals surface area contributed by atoms with E-state index in [1.165, 1.54) is 25.7 Å². The van der Waals surface area contributed by atoms with E-state index in [9.17, 15) is 0 Å². The van der Waals surface area contributed by atoms with Crippen molar-refractivity contribution in [1.29, 1.82) is 0 Å². The minimum atomic E-state index is 0.469. The highest BCUT2D eigenvalue weighted by atomic mass is 16.5. The summed E-state index contributed by atoms with van der Waals surface area (Å²) in [6, 6.07) is 0.603. The zero-order valence-corrected chi connectivity index (χ0v) is 10.2. The molecule has 0 aromatic carbocycles. The van der Waals surface area contributed by atoms with Crippen LogP contribution < -0.4 is 10.6 Å². The molecule has 0 spiro atoms. The summed E-state index contributed by atoms with van der Waals surface area (Å²) in [5.74, 6) is 0.